The summed E-state index contributed by atoms with van der Waals surface area (Å²) < 4.78 is 2.92. The van der Waals surface area contributed by atoms with Gasteiger partial charge in [0.25, 0.3) is 0 Å². The highest BCUT2D eigenvalue weighted by Gasteiger charge is 2.20. The maximum Gasteiger partial charge on any atom is 0.214 e. The van der Waals surface area contributed by atoms with Crippen LogP contribution in [0.25, 0.3) is 17.1 Å². The lowest BCUT2D eigenvalue weighted by Gasteiger charge is -2.19. The van der Waals surface area contributed by atoms with Gasteiger partial charge in [0.05, 0.1) is 5.70 Å². The Labute approximate surface area is 140 Å². The fourth-order valence-corrected chi connectivity index (χ4v) is 3.47. The maximum atomic E-state index is 4.32. The quantitative estimate of drug-likeness (QED) is 0.727. The second-order valence-corrected chi connectivity index (χ2v) is 6.44. The molecule has 0 amide bonds. The first kappa shape index (κ1) is 13.6. The second-order valence-electron chi connectivity index (χ2n) is 4.75. The van der Waals surface area contributed by atoms with Crippen molar-refractivity contribution in [1.82, 2.24) is 14.9 Å². The number of hydrogen-bond donors (Lipinski definition) is 1. The lowest BCUT2D eigenvalue weighted by Crippen LogP contribution is -2.18. The Morgan fingerprint density at radius 3 is 2.55 bits per heavy atom. The molecular formula is C16H11BrN4S. The van der Waals surface area contributed by atoms with E-state index in [0.717, 1.165) is 32.3 Å². The fraction of sp³-hybridized carbons (Fsp3) is 0. The van der Waals surface area contributed by atoms with Crippen LogP contribution in [0.15, 0.2) is 69.6 Å². The highest BCUT2D eigenvalue weighted by Crippen LogP contribution is 2.33. The molecule has 0 radical (unpaired) electrons. The topological polar surface area (TPSA) is 42.7 Å². The largest absolute Gasteiger partial charge is 0.289 e. The van der Waals surface area contributed by atoms with E-state index in [1.54, 1.807) is 11.8 Å². The molecule has 22 heavy (non-hydrogen) atoms. The van der Waals surface area contributed by atoms with E-state index in [1.807, 2.05) is 47.1 Å². The van der Waals surface area contributed by atoms with E-state index in [-0.39, 0.29) is 0 Å². The van der Waals surface area contributed by atoms with Crippen LogP contribution in [0.4, 0.5) is 0 Å². The first-order valence-corrected chi connectivity index (χ1v) is 8.40. The molecule has 3 aromatic rings. The normalized spacial score (nSPS) is 13.2. The third kappa shape index (κ3) is 2.34. The van der Waals surface area contributed by atoms with Crippen molar-refractivity contribution < 1.29 is 0 Å². The van der Waals surface area contributed by atoms with Gasteiger partial charge in [-0.2, -0.15) is 0 Å². The molecule has 1 aliphatic heterocycles. The standard InChI is InChI=1S/C16H11BrN4S/c17-13-9-5-4-8-12(13)15-18-19-16-21(15)20-14(10-22-16)11-6-2-1-3-7-11/h1-10,20H. The number of aromatic nitrogens is 3. The summed E-state index contributed by atoms with van der Waals surface area (Å²) in [5, 5.41) is 11.5. The van der Waals surface area contributed by atoms with Crippen LogP contribution >= 0.6 is 27.7 Å². The number of hydrogen-bond acceptors (Lipinski definition) is 4. The second kappa shape index (κ2) is 5.62. The Balaban J connectivity index is 1.75. The summed E-state index contributed by atoms with van der Waals surface area (Å²) in [6.07, 6.45) is 0. The van der Waals surface area contributed by atoms with Crippen LogP contribution in [0, 0.1) is 0 Å². The molecule has 0 saturated carbocycles. The third-order valence-electron chi connectivity index (χ3n) is 3.35. The van der Waals surface area contributed by atoms with Gasteiger partial charge in [-0.1, -0.05) is 70.2 Å². The molecule has 0 spiro atoms. The van der Waals surface area contributed by atoms with Crippen molar-refractivity contribution in [2.24, 2.45) is 0 Å². The number of nitrogens with zero attached hydrogens (tertiary/aromatic N) is 3. The van der Waals surface area contributed by atoms with Crippen molar-refractivity contribution in [1.29, 1.82) is 0 Å². The van der Waals surface area contributed by atoms with Gasteiger partial charge in [0, 0.05) is 15.4 Å². The van der Waals surface area contributed by atoms with Crippen LogP contribution in [-0.4, -0.2) is 14.9 Å². The Morgan fingerprint density at radius 2 is 1.73 bits per heavy atom. The van der Waals surface area contributed by atoms with Crippen LogP contribution in [0.1, 0.15) is 5.56 Å². The Bertz CT molecular complexity index is 858. The van der Waals surface area contributed by atoms with Crippen molar-refractivity contribution >= 4 is 33.4 Å². The number of nitrogens with one attached hydrogen (secondary N) is 1. The molecule has 0 bridgehead atoms. The van der Waals surface area contributed by atoms with Crippen molar-refractivity contribution in [3.63, 3.8) is 0 Å². The number of benzene rings is 2. The van der Waals surface area contributed by atoms with Gasteiger partial charge < -0.3 is 0 Å². The van der Waals surface area contributed by atoms with Crippen LogP contribution < -0.4 is 5.43 Å². The molecule has 1 aromatic heterocycles. The number of halogens is 1. The first-order valence-electron chi connectivity index (χ1n) is 6.72. The zero-order valence-corrected chi connectivity index (χ0v) is 13.8. The summed E-state index contributed by atoms with van der Waals surface area (Å²) >= 11 is 5.14. The SMILES string of the molecule is Brc1ccccc1-c1nnc2n1NC(c1ccccc1)=CS2. The van der Waals surface area contributed by atoms with Gasteiger partial charge in [-0.25, -0.2) is 4.68 Å². The molecule has 0 atom stereocenters. The summed E-state index contributed by atoms with van der Waals surface area (Å²) in [6.45, 7) is 0. The molecular weight excluding hydrogens is 360 g/mol. The Morgan fingerprint density at radius 1 is 0.955 bits per heavy atom. The van der Waals surface area contributed by atoms with Gasteiger partial charge in [-0.15, -0.1) is 10.2 Å². The fourth-order valence-electron chi connectivity index (χ4n) is 2.27. The first-order chi connectivity index (χ1) is 10.8. The average Bonchev–Trinajstić information content (AvgIpc) is 2.99. The highest BCUT2D eigenvalue weighted by atomic mass is 79.9. The third-order valence-corrected chi connectivity index (χ3v) is 4.87. The molecule has 6 heteroatoms. The van der Waals surface area contributed by atoms with E-state index < -0.39 is 0 Å². The lowest BCUT2D eigenvalue weighted by atomic mass is 10.2. The Hall–Kier alpha value is -2.05. The summed E-state index contributed by atoms with van der Waals surface area (Å²) in [7, 11) is 0. The van der Waals surface area contributed by atoms with Crippen LogP contribution in [-0.2, 0) is 0 Å². The lowest BCUT2D eigenvalue weighted by molar-refractivity contribution is 0.826. The molecule has 0 aliphatic carbocycles. The summed E-state index contributed by atoms with van der Waals surface area (Å²) in [4.78, 5) is 0. The average molecular weight is 371 g/mol. The molecule has 0 fully saturated rings. The molecule has 4 rings (SSSR count). The van der Waals surface area contributed by atoms with Gasteiger partial charge in [-0.3, -0.25) is 5.43 Å². The van der Waals surface area contributed by atoms with Crippen molar-refractivity contribution in [2.75, 3.05) is 5.43 Å². The molecule has 4 nitrogen and oxygen atoms in total. The maximum absolute atomic E-state index is 4.32. The molecule has 2 aromatic carbocycles. The minimum absolute atomic E-state index is 0.788. The zero-order chi connectivity index (χ0) is 14.9. The molecule has 0 saturated heterocycles. The minimum atomic E-state index is 0.788. The molecule has 1 N–H and O–H groups in total. The molecule has 108 valence electrons. The van der Waals surface area contributed by atoms with Gasteiger partial charge in [0.1, 0.15) is 0 Å². The van der Waals surface area contributed by atoms with E-state index in [4.69, 9.17) is 0 Å². The van der Waals surface area contributed by atoms with E-state index in [9.17, 15) is 0 Å². The number of rotatable bonds is 2. The van der Waals surface area contributed by atoms with Crippen LogP contribution in [0.2, 0.25) is 0 Å². The number of thioether (sulfide) groups is 1. The molecule has 1 aliphatic rings. The van der Waals surface area contributed by atoms with Gasteiger partial charge >= 0.3 is 0 Å². The minimum Gasteiger partial charge on any atom is -0.289 e. The van der Waals surface area contributed by atoms with E-state index in [0.29, 0.717) is 0 Å². The van der Waals surface area contributed by atoms with Gasteiger partial charge in [-0.05, 0) is 17.7 Å². The molecule has 0 unspecified atom stereocenters. The molecule has 2 heterocycles. The van der Waals surface area contributed by atoms with Gasteiger partial charge in [0.15, 0.2) is 5.82 Å². The summed E-state index contributed by atoms with van der Waals surface area (Å²) in [6, 6.07) is 18.2. The van der Waals surface area contributed by atoms with E-state index in [1.165, 1.54) is 0 Å². The Kier molecular flexibility index (Phi) is 3.48. The summed E-state index contributed by atoms with van der Waals surface area (Å²) in [5.74, 6) is 0.788. The predicted octanol–water partition coefficient (Wildman–Crippen LogP) is 4.36. The monoisotopic (exact) mass is 370 g/mol. The van der Waals surface area contributed by atoms with Crippen molar-refractivity contribution in [2.45, 2.75) is 5.16 Å². The van der Waals surface area contributed by atoms with Crippen molar-refractivity contribution in [3.05, 3.63) is 70.0 Å². The van der Waals surface area contributed by atoms with E-state index >= 15 is 0 Å². The smallest absolute Gasteiger partial charge is 0.214 e. The predicted molar refractivity (Wildman–Crippen MR) is 92.8 cm³/mol. The van der Waals surface area contributed by atoms with Gasteiger partial charge in [0.2, 0.25) is 5.16 Å². The van der Waals surface area contributed by atoms with Crippen LogP contribution in [0.5, 0.6) is 0 Å². The summed E-state index contributed by atoms with van der Waals surface area (Å²) in [5.41, 5.74) is 6.57. The number of fused-ring (bicyclic) bond motifs is 1. The highest BCUT2D eigenvalue weighted by molar-refractivity contribution is 9.10. The van der Waals surface area contributed by atoms with Crippen molar-refractivity contribution in [3.8, 4) is 11.4 Å². The zero-order valence-electron chi connectivity index (χ0n) is 11.4. The van der Waals surface area contributed by atoms with Crippen LogP contribution in [0.3, 0.4) is 0 Å². The van der Waals surface area contributed by atoms with E-state index in [2.05, 4.69) is 49.1 Å².